The fourth-order valence-corrected chi connectivity index (χ4v) is 1.48. The van der Waals surface area contributed by atoms with Crippen molar-refractivity contribution in [2.24, 2.45) is 9.98 Å². The van der Waals surface area contributed by atoms with E-state index in [2.05, 4.69) is 21.6 Å². The molecule has 0 spiro atoms. The molecule has 2 heterocycles. The second-order valence-electron chi connectivity index (χ2n) is 3.84. The van der Waals surface area contributed by atoms with Crippen LogP contribution >= 0.6 is 0 Å². The summed E-state index contributed by atoms with van der Waals surface area (Å²) in [5.74, 6) is 0.781. The van der Waals surface area contributed by atoms with Gasteiger partial charge >= 0.3 is 0 Å². The molecule has 0 aliphatic carbocycles. The predicted octanol–water partition coefficient (Wildman–Crippen LogP) is 1.90. The van der Waals surface area contributed by atoms with Crippen molar-refractivity contribution in [3.63, 3.8) is 0 Å². The maximum atomic E-state index is 5.40. The molecule has 1 aromatic carbocycles. The van der Waals surface area contributed by atoms with Gasteiger partial charge in [-0.1, -0.05) is 18.2 Å². The largest absolute Gasteiger partial charge is 0.482 e. The molecule has 0 fully saturated rings. The van der Waals surface area contributed by atoms with Crippen molar-refractivity contribution in [1.82, 2.24) is 0 Å². The number of hydrogen-bond acceptors (Lipinski definition) is 4. The molecule has 0 amide bonds. The van der Waals surface area contributed by atoms with Crippen molar-refractivity contribution in [2.45, 2.75) is 13.0 Å². The molecule has 1 unspecified atom stereocenters. The fraction of sp³-hybridized carbons (Fsp3) is 0.385. The minimum absolute atomic E-state index is 0.306. The predicted molar refractivity (Wildman–Crippen MR) is 67.7 cm³/mol. The number of rotatable bonds is 1. The van der Waals surface area contributed by atoms with Gasteiger partial charge in [0.25, 0.3) is 0 Å². The highest BCUT2D eigenvalue weighted by molar-refractivity contribution is 5.95. The summed E-state index contributed by atoms with van der Waals surface area (Å²) >= 11 is 0. The van der Waals surface area contributed by atoms with Gasteiger partial charge in [0.15, 0.2) is 6.40 Å². The Balaban J connectivity index is 0.000000181. The van der Waals surface area contributed by atoms with E-state index in [-0.39, 0.29) is 0 Å². The molecule has 0 aromatic heterocycles. The summed E-state index contributed by atoms with van der Waals surface area (Å²) in [5.41, 5.74) is 1.07. The summed E-state index contributed by atoms with van der Waals surface area (Å²) in [6.07, 6.45) is 1.49. The van der Waals surface area contributed by atoms with Crippen LogP contribution in [-0.4, -0.2) is 38.1 Å². The average molecular weight is 232 g/mol. The third kappa shape index (κ3) is 3.59. The van der Waals surface area contributed by atoms with Gasteiger partial charge in [0.05, 0.1) is 12.6 Å². The van der Waals surface area contributed by atoms with E-state index in [1.807, 2.05) is 30.3 Å². The highest BCUT2D eigenvalue weighted by Gasteiger charge is 2.14. The lowest BCUT2D eigenvalue weighted by Gasteiger charge is -1.98. The monoisotopic (exact) mass is 232 g/mol. The number of nitrogens with zero attached hydrogens (tertiary/aromatic N) is 2. The molecule has 17 heavy (non-hydrogen) atoms. The number of hydrogen-bond donors (Lipinski definition) is 0. The van der Waals surface area contributed by atoms with Gasteiger partial charge in [-0.25, -0.2) is 4.99 Å². The summed E-state index contributed by atoms with van der Waals surface area (Å²) in [7, 11) is 0. The average Bonchev–Trinajstić information content (AvgIpc) is 3.04. The first-order valence-electron chi connectivity index (χ1n) is 5.72. The first-order chi connectivity index (χ1) is 8.36. The van der Waals surface area contributed by atoms with E-state index in [1.54, 1.807) is 0 Å². The Hall–Kier alpha value is -1.84. The van der Waals surface area contributed by atoms with Gasteiger partial charge in [-0.3, -0.25) is 4.99 Å². The van der Waals surface area contributed by atoms with E-state index in [4.69, 9.17) is 4.74 Å². The van der Waals surface area contributed by atoms with Crippen LogP contribution in [0.25, 0.3) is 0 Å². The number of benzene rings is 1. The molecule has 90 valence electrons. The molecule has 0 saturated carbocycles. The van der Waals surface area contributed by atoms with Crippen molar-refractivity contribution >= 4 is 12.3 Å². The van der Waals surface area contributed by atoms with Crippen molar-refractivity contribution < 1.29 is 9.47 Å². The molecule has 0 radical (unpaired) electrons. The zero-order chi connectivity index (χ0) is 11.9. The maximum absolute atomic E-state index is 5.40. The summed E-state index contributed by atoms with van der Waals surface area (Å²) in [6, 6.07) is 10.3. The molecule has 4 heteroatoms. The van der Waals surface area contributed by atoms with Gasteiger partial charge in [0.2, 0.25) is 5.90 Å². The van der Waals surface area contributed by atoms with Gasteiger partial charge in [0.1, 0.15) is 13.2 Å². The maximum Gasteiger partial charge on any atom is 0.216 e. The van der Waals surface area contributed by atoms with Crippen LogP contribution in [0.4, 0.5) is 0 Å². The van der Waals surface area contributed by atoms with Gasteiger partial charge in [-0.2, -0.15) is 0 Å². The highest BCUT2D eigenvalue weighted by Crippen LogP contribution is 2.10. The summed E-state index contributed by atoms with van der Waals surface area (Å²) < 4.78 is 10.1. The van der Waals surface area contributed by atoms with Crippen LogP contribution in [0.2, 0.25) is 0 Å². The molecule has 0 saturated heterocycles. The van der Waals surface area contributed by atoms with Crippen LogP contribution in [0.1, 0.15) is 12.5 Å². The summed E-state index contributed by atoms with van der Waals surface area (Å²) in [4.78, 5) is 8.09. The minimum Gasteiger partial charge on any atom is -0.482 e. The molecule has 0 N–H and O–H groups in total. The molecule has 1 aromatic rings. The first-order valence-corrected chi connectivity index (χ1v) is 5.72. The molecular weight excluding hydrogens is 216 g/mol. The second kappa shape index (κ2) is 6.03. The fourth-order valence-electron chi connectivity index (χ4n) is 1.48. The Morgan fingerprint density at radius 2 is 2.06 bits per heavy atom. The third-order valence-corrected chi connectivity index (χ3v) is 2.31. The van der Waals surface area contributed by atoms with Crippen LogP contribution < -0.4 is 0 Å². The Kier molecular flexibility index (Phi) is 4.13. The number of aliphatic imine (C=N–C) groups is 2. The van der Waals surface area contributed by atoms with Gasteiger partial charge in [0, 0.05) is 5.56 Å². The van der Waals surface area contributed by atoms with Crippen LogP contribution in [0, 0.1) is 0 Å². The lowest BCUT2D eigenvalue weighted by atomic mass is 10.2. The smallest absolute Gasteiger partial charge is 0.216 e. The Morgan fingerprint density at radius 1 is 1.24 bits per heavy atom. The van der Waals surface area contributed by atoms with Crippen LogP contribution in [0.15, 0.2) is 40.3 Å². The lowest BCUT2D eigenvalue weighted by Crippen LogP contribution is -2.01. The topological polar surface area (TPSA) is 43.2 Å². The first kappa shape index (κ1) is 11.6. The van der Waals surface area contributed by atoms with E-state index in [1.165, 1.54) is 6.40 Å². The molecular formula is C13H16N2O2. The van der Waals surface area contributed by atoms with E-state index >= 15 is 0 Å². The zero-order valence-electron chi connectivity index (χ0n) is 9.87. The van der Waals surface area contributed by atoms with E-state index < -0.39 is 0 Å². The molecule has 2 aliphatic heterocycles. The summed E-state index contributed by atoms with van der Waals surface area (Å²) in [6.45, 7) is 4.39. The van der Waals surface area contributed by atoms with Crippen molar-refractivity contribution in [3.8, 4) is 0 Å². The standard InChI is InChI=1S/C10H11NO.C3H5NO/c1-8-7-12-10(11-8)9-5-3-2-4-6-9;1-2-5-3-4-1/h2-6,8H,7H2,1H3;3H,1-2H2. The molecule has 1 atom stereocenters. The van der Waals surface area contributed by atoms with Gasteiger partial charge in [-0.05, 0) is 19.1 Å². The van der Waals surface area contributed by atoms with Crippen LogP contribution in [0.5, 0.6) is 0 Å². The molecule has 2 aliphatic rings. The minimum atomic E-state index is 0.306. The second-order valence-corrected chi connectivity index (χ2v) is 3.84. The Labute approximate surface area is 101 Å². The highest BCUT2D eigenvalue weighted by atomic mass is 16.5. The van der Waals surface area contributed by atoms with Crippen molar-refractivity contribution in [3.05, 3.63) is 35.9 Å². The Bertz CT molecular complexity index is 395. The number of ether oxygens (including phenoxy) is 2. The van der Waals surface area contributed by atoms with E-state index in [0.717, 1.165) is 24.6 Å². The van der Waals surface area contributed by atoms with Crippen LogP contribution in [0.3, 0.4) is 0 Å². The van der Waals surface area contributed by atoms with Crippen LogP contribution in [-0.2, 0) is 9.47 Å². The zero-order valence-corrected chi connectivity index (χ0v) is 9.87. The van der Waals surface area contributed by atoms with Crippen molar-refractivity contribution in [2.75, 3.05) is 19.8 Å². The lowest BCUT2D eigenvalue weighted by molar-refractivity contribution is 0.324. The SMILES string of the molecule is C1=NCCO1.CC1COC(c2ccccc2)=N1. The third-order valence-electron chi connectivity index (χ3n) is 2.31. The van der Waals surface area contributed by atoms with Crippen molar-refractivity contribution in [1.29, 1.82) is 0 Å². The quantitative estimate of drug-likeness (QED) is 0.742. The van der Waals surface area contributed by atoms with Gasteiger partial charge < -0.3 is 9.47 Å². The normalized spacial score (nSPS) is 21.0. The Morgan fingerprint density at radius 3 is 2.53 bits per heavy atom. The molecule has 4 nitrogen and oxygen atoms in total. The molecule has 3 rings (SSSR count). The summed E-state index contributed by atoms with van der Waals surface area (Å²) in [5, 5.41) is 0. The van der Waals surface area contributed by atoms with Gasteiger partial charge in [-0.15, -0.1) is 0 Å². The van der Waals surface area contributed by atoms with E-state index in [9.17, 15) is 0 Å². The van der Waals surface area contributed by atoms with E-state index in [0.29, 0.717) is 12.6 Å². The molecule has 0 bridgehead atoms.